The molecule has 0 saturated carbocycles. The zero-order valence-electron chi connectivity index (χ0n) is 18.5. The fraction of sp³-hybridized carbons (Fsp3) is 0.192. The van der Waals surface area contributed by atoms with Crippen LogP contribution in [0.3, 0.4) is 0 Å². The Morgan fingerprint density at radius 2 is 1.69 bits per heavy atom. The van der Waals surface area contributed by atoms with Gasteiger partial charge < -0.3 is 5.32 Å². The van der Waals surface area contributed by atoms with E-state index >= 15 is 0 Å². The highest BCUT2D eigenvalue weighted by Crippen LogP contribution is 2.27. The number of nitrogens with one attached hydrogen (secondary N) is 1. The number of hydrogen-bond donors (Lipinski definition) is 1. The minimum absolute atomic E-state index is 0.140. The van der Waals surface area contributed by atoms with Gasteiger partial charge >= 0.3 is 0 Å². The molecule has 0 aliphatic carbocycles. The number of nitrogens with zero attached hydrogens (tertiary/aromatic N) is 2. The Morgan fingerprint density at radius 1 is 0.969 bits per heavy atom. The molecule has 5 nitrogen and oxygen atoms in total. The maximum atomic E-state index is 13.5. The molecule has 4 rings (SSSR count). The zero-order chi connectivity index (χ0) is 22.8. The summed E-state index contributed by atoms with van der Waals surface area (Å²) in [6.45, 7) is 7.78. The Labute approximate surface area is 191 Å². The molecule has 32 heavy (non-hydrogen) atoms. The Morgan fingerprint density at radius 3 is 2.44 bits per heavy atom. The standard InChI is InChI=1S/C26H25N3O2S/c1-16-13-14-23(18(3)15-16)29-25(31)20-10-6-8-12-22(20)28-26(29)32-19(4)24(30)27-21-11-7-5-9-17(21)2/h5-15,19H,1-4H3,(H,27,30). The number of benzene rings is 3. The molecule has 1 atom stereocenters. The van der Waals surface area contributed by atoms with E-state index in [1.165, 1.54) is 11.8 Å². The van der Waals surface area contributed by atoms with E-state index in [2.05, 4.69) is 5.32 Å². The van der Waals surface area contributed by atoms with Gasteiger partial charge in [0.25, 0.3) is 5.56 Å². The van der Waals surface area contributed by atoms with Gasteiger partial charge in [-0.2, -0.15) is 0 Å². The van der Waals surface area contributed by atoms with Crippen LogP contribution < -0.4 is 10.9 Å². The molecule has 1 amide bonds. The minimum Gasteiger partial charge on any atom is -0.325 e. The van der Waals surface area contributed by atoms with Crippen LogP contribution in [-0.4, -0.2) is 20.7 Å². The highest BCUT2D eigenvalue weighted by atomic mass is 32.2. The molecule has 3 aromatic carbocycles. The van der Waals surface area contributed by atoms with Crippen molar-refractivity contribution < 1.29 is 4.79 Å². The molecule has 1 aromatic heterocycles. The summed E-state index contributed by atoms with van der Waals surface area (Å²) in [5.41, 5.74) is 5.12. The lowest BCUT2D eigenvalue weighted by Crippen LogP contribution is -2.26. The summed E-state index contributed by atoms with van der Waals surface area (Å²) in [5.74, 6) is -0.140. The quantitative estimate of drug-likeness (QED) is 0.330. The van der Waals surface area contributed by atoms with Gasteiger partial charge in [0.1, 0.15) is 0 Å². The second-order valence-corrected chi connectivity index (χ2v) is 9.21. The number of hydrogen-bond acceptors (Lipinski definition) is 4. The Bertz CT molecular complexity index is 1380. The van der Waals surface area contributed by atoms with E-state index in [-0.39, 0.29) is 11.5 Å². The molecule has 0 bridgehead atoms. The van der Waals surface area contributed by atoms with Crippen LogP contribution in [0, 0.1) is 20.8 Å². The second kappa shape index (κ2) is 9.01. The van der Waals surface area contributed by atoms with Gasteiger partial charge in [-0.1, -0.05) is 59.8 Å². The number of rotatable bonds is 5. The summed E-state index contributed by atoms with van der Waals surface area (Å²) in [7, 11) is 0. The summed E-state index contributed by atoms with van der Waals surface area (Å²) in [4.78, 5) is 31.2. The molecule has 162 valence electrons. The van der Waals surface area contributed by atoms with Gasteiger partial charge in [0.2, 0.25) is 5.91 Å². The maximum Gasteiger partial charge on any atom is 0.266 e. The van der Waals surface area contributed by atoms with Crippen LogP contribution in [-0.2, 0) is 4.79 Å². The number of para-hydroxylation sites is 2. The van der Waals surface area contributed by atoms with Crippen molar-refractivity contribution in [3.8, 4) is 5.69 Å². The first-order valence-corrected chi connectivity index (χ1v) is 11.4. The lowest BCUT2D eigenvalue weighted by Gasteiger charge is -2.18. The molecule has 6 heteroatoms. The van der Waals surface area contributed by atoms with Crippen LogP contribution in [0.15, 0.2) is 76.7 Å². The predicted molar refractivity (Wildman–Crippen MR) is 132 cm³/mol. The highest BCUT2D eigenvalue weighted by molar-refractivity contribution is 8.00. The van der Waals surface area contributed by atoms with Crippen molar-refractivity contribution >= 4 is 34.3 Å². The summed E-state index contributed by atoms with van der Waals surface area (Å²) in [6, 6.07) is 20.9. The molecule has 4 aromatic rings. The van der Waals surface area contributed by atoms with Crippen LogP contribution in [0.5, 0.6) is 0 Å². The van der Waals surface area contributed by atoms with Gasteiger partial charge in [-0.3, -0.25) is 14.2 Å². The molecule has 0 spiro atoms. The minimum atomic E-state index is -0.459. The van der Waals surface area contributed by atoms with Crippen LogP contribution >= 0.6 is 11.8 Å². The van der Waals surface area contributed by atoms with Crippen molar-refractivity contribution in [2.75, 3.05) is 5.32 Å². The number of carbonyl (C=O) groups is 1. The Kier molecular flexibility index (Phi) is 6.15. The van der Waals surface area contributed by atoms with Gasteiger partial charge in [0.15, 0.2) is 5.16 Å². The van der Waals surface area contributed by atoms with E-state index in [0.29, 0.717) is 16.1 Å². The topological polar surface area (TPSA) is 64.0 Å². The lowest BCUT2D eigenvalue weighted by molar-refractivity contribution is -0.115. The van der Waals surface area contributed by atoms with Crippen LogP contribution in [0.2, 0.25) is 0 Å². The molecular weight excluding hydrogens is 418 g/mol. The SMILES string of the molecule is Cc1ccc(-n2c(SC(C)C(=O)Nc3ccccc3C)nc3ccccc3c2=O)c(C)c1. The fourth-order valence-electron chi connectivity index (χ4n) is 3.62. The maximum absolute atomic E-state index is 13.5. The zero-order valence-corrected chi connectivity index (χ0v) is 19.4. The predicted octanol–water partition coefficient (Wildman–Crippen LogP) is 5.43. The van der Waals surface area contributed by atoms with Crippen molar-refractivity contribution in [2.45, 2.75) is 38.1 Å². The number of carbonyl (C=O) groups excluding carboxylic acids is 1. The molecule has 0 aliphatic rings. The average molecular weight is 444 g/mol. The Balaban J connectivity index is 1.76. The number of aromatic nitrogens is 2. The largest absolute Gasteiger partial charge is 0.325 e. The van der Waals surface area contributed by atoms with E-state index < -0.39 is 5.25 Å². The summed E-state index contributed by atoms with van der Waals surface area (Å²) >= 11 is 1.28. The average Bonchev–Trinajstić information content (AvgIpc) is 2.76. The molecule has 0 fully saturated rings. The highest BCUT2D eigenvalue weighted by Gasteiger charge is 2.21. The molecular formula is C26H25N3O2S. The molecule has 0 aliphatic heterocycles. The smallest absolute Gasteiger partial charge is 0.266 e. The number of thioether (sulfide) groups is 1. The number of aryl methyl sites for hydroxylation is 3. The van der Waals surface area contributed by atoms with Crippen molar-refractivity contribution in [1.29, 1.82) is 0 Å². The molecule has 1 heterocycles. The van der Waals surface area contributed by atoms with Crippen molar-refractivity contribution in [3.05, 3.63) is 93.8 Å². The molecule has 0 radical (unpaired) electrons. The van der Waals surface area contributed by atoms with Crippen molar-refractivity contribution in [3.63, 3.8) is 0 Å². The third-order valence-electron chi connectivity index (χ3n) is 5.39. The molecule has 0 saturated heterocycles. The van der Waals surface area contributed by atoms with Crippen LogP contribution in [0.4, 0.5) is 5.69 Å². The number of amides is 1. The summed E-state index contributed by atoms with van der Waals surface area (Å²) in [5, 5.41) is 3.57. The normalized spacial score (nSPS) is 12.0. The second-order valence-electron chi connectivity index (χ2n) is 7.91. The third-order valence-corrected chi connectivity index (χ3v) is 6.44. The van der Waals surface area contributed by atoms with E-state index in [9.17, 15) is 9.59 Å². The first-order chi connectivity index (χ1) is 15.3. The number of fused-ring (bicyclic) bond motifs is 1. The lowest BCUT2D eigenvalue weighted by atomic mass is 10.1. The van der Waals surface area contributed by atoms with E-state index in [4.69, 9.17) is 4.98 Å². The van der Waals surface area contributed by atoms with Crippen molar-refractivity contribution in [2.24, 2.45) is 0 Å². The van der Waals surface area contributed by atoms with Gasteiger partial charge in [0.05, 0.1) is 21.8 Å². The molecule has 1 N–H and O–H groups in total. The third kappa shape index (κ3) is 4.32. The van der Waals surface area contributed by atoms with E-state index in [0.717, 1.165) is 28.1 Å². The van der Waals surface area contributed by atoms with E-state index in [1.54, 1.807) is 10.6 Å². The number of anilines is 1. The Hall–Kier alpha value is -3.38. The fourth-order valence-corrected chi connectivity index (χ4v) is 4.54. The van der Waals surface area contributed by atoms with Gasteiger partial charge in [-0.05, 0) is 63.1 Å². The summed E-state index contributed by atoms with van der Waals surface area (Å²) in [6.07, 6.45) is 0. The first kappa shape index (κ1) is 21.8. The molecule has 1 unspecified atom stereocenters. The monoisotopic (exact) mass is 443 g/mol. The summed E-state index contributed by atoms with van der Waals surface area (Å²) < 4.78 is 1.62. The van der Waals surface area contributed by atoms with E-state index in [1.807, 2.05) is 88.4 Å². The first-order valence-electron chi connectivity index (χ1n) is 10.5. The van der Waals surface area contributed by atoms with Crippen LogP contribution in [0.25, 0.3) is 16.6 Å². The van der Waals surface area contributed by atoms with Gasteiger partial charge in [-0.15, -0.1) is 0 Å². The van der Waals surface area contributed by atoms with Gasteiger partial charge in [-0.25, -0.2) is 4.98 Å². The van der Waals surface area contributed by atoms with Gasteiger partial charge in [0, 0.05) is 5.69 Å². The van der Waals surface area contributed by atoms with Crippen LogP contribution in [0.1, 0.15) is 23.6 Å². The van der Waals surface area contributed by atoms with Crippen molar-refractivity contribution in [1.82, 2.24) is 9.55 Å².